The maximum absolute atomic E-state index is 16.4. The van der Waals surface area contributed by atoms with Gasteiger partial charge in [0.05, 0.1) is 17.0 Å². The van der Waals surface area contributed by atoms with Gasteiger partial charge >= 0.3 is 0 Å². The molecule has 0 spiro atoms. The largest absolute Gasteiger partial charge is 0.508 e. The summed E-state index contributed by atoms with van der Waals surface area (Å²) in [5, 5.41) is 28.9. The number of aromatic hydroxyl groups is 1. The summed E-state index contributed by atoms with van der Waals surface area (Å²) in [4.78, 5) is 5.11. The van der Waals surface area contributed by atoms with Crippen LogP contribution in [0.2, 0.25) is 0 Å². The third-order valence-electron chi connectivity index (χ3n) is 9.28. The van der Waals surface area contributed by atoms with Gasteiger partial charge in [-0.2, -0.15) is 10.5 Å². The van der Waals surface area contributed by atoms with Crippen molar-refractivity contribution in [2.75, 3.05) is 0 Å². The Morgan fingerprint density at radius 2 is 1.38 bits per heavy atom. The minimum absolute atomic E-state index is 0.0593. The molecule has 1 heterocycles. The Hall–Kier alpha value is -6.76. The number of allylic oxidation sites excluding steroid dienone is 5. The number of rotatable bonds is 7. The van der Waals surface area contributed by atoms with Crippen molar-refractivity contribution in [3.05, 3.63) is 168 Å². The average molecular weight is 679 g/mol. The summed E-state index contributed by atoms with van der Waals surface area (Å²) in [6.45, 7) is 4.29. The molecule has 52 heavy (non-hydrogen) atoms. The highest BCUT2D eigenvalue weighted by atomic mass is 19.1. The fourth-order valence-electron chi connectivity index (χ4n) is 6.87. The summed E-state index contributed by atoms with van der Waals surface area (Å²) in [7, 11) is 0. The molecule has 1 aliphatic rings. The Balaban J connectivity index is 1.25. The molecule has 1 aromatic heterocycles. The van der Waals surface area contributed by atoms with E-state index in [1.54, 1.807) is 36.4 Å². The van der Waals surface area contributed by atoms with Crippen LogP contribution < -0.4 is 0 Å². The van der Waals surface area contributed by atoms with Gasteiger partial charge in [0.15, 0.2) is 0 Å². The molecule has 0 saturated heterocycles. The number of nitrogens with zero attached hydrogens (tertiary/aromatic N) is 4. The molecule has 5 aromatic carbocycles. The summed E-state index contributed by atoms with van der Waals surface area (Å²) in [5.41, 5.74) is 8.99. The minimum atomic E-state index is -0.407. The molecule has 0 radical (unpaired) electrons. The maximum atomic E-state index is 16.4. The van der Waals surface area contributed by atoms with Crippen LogP contribution in [0.4, 0.5) is 4.39 Å². The first kappa shape index (κ1) is 33.7. The number of hydrogen-bond acceptors (Lipinski definition) is 4. The smallest absolute Gasteiger partial charge is 0.148 e. The summed E-state index contributed by atoms with van der Waals surface area (Å²) in [5.74, 6) is 0.177. The van der Waals surface area contributed by atoms with E-state index in [9.17, 15) is 15.6 Å². The summed E-state index contributed by atoms with van der Waals surface area (Å²) < 4.78 is 18.3. The molecule has 0 bridgehead atoms. The Morgan fingerprint density at radius 3 is 2.02 bits per heavy atom. The molecular weight excluding hydrogens is 644 g/mol. The number of benzene rings is 5. The van der Waals surface area contributed by atoms with Crippen LogP contribution in [-0.4, -0.2) is 14.7 Å². The molecule has 0 unspecified atom stereocenters. The number of imidazole rings is 1. The van der Waals surface area contributed by atoms with Gasteiger partial charge in [-0.25, -0.2) is 9.37 Å². The first-order valence-electron chi connectivity index (χ1n) is 17.1. The van der Waals surface area contributed by atoms with Crippen molar-refractivity contribution in [1.29, 1.82) is 10.5 Å². The van der Waals surface area contributed by atoms with Gasteiger partial charge in [0, 0.05) is 16.8 Å². The highest BCUT2D eigenvalue weighted by Gasteiger charge is 2.27. The second-order valence-electron chi connectivity index (χ2n) is 13.7. The van der Waals surface area contributed by atoms with Crippen LogP contribution in [0.5, 0.6) is 5.75 Å². The van der Waals surface area contributed by atoms with Crippen molar-refractivity contribution in [1.82, 2.24) is 9.55 Å². The lowest BCUT2D eigenvalue weighted by Crippen LogP contribution is -2.17. The number of phenols is 1. The van der Waals surface area contributed by atoms with Gasteiger partial charge in [-0.15, -0.1) is 0 Å². The standard InChI is InChI=1S/C46H35FN4O/c1-46(2)27-32(25-37(28-46)38(29-48)30-49)14-13-31-15-17-33(18-16-31)36-19-24-41(42(47)26-36)45-50-43(34-9-5-3-6-10-34)44(35-11-7-4-8-12-35)51(45)39-20-22-40(52)23-21-39/h3-26,52H,27-28H2,1-2H3/b14-13+. The van der Waals surface area contributed by atoms with E-state index in [4.69, 9.17) is 4.98 Å². The van der Waals surface area contributed by atoms with Crippen LogP contribution in [0, 0.1) is 33.9 Å². The maximum Gasteiger partial charge on any atom is 0.148 e. The molecule has 1 aliphatic carbocycles. The van der Waals surface area contributed by atoms with Gasteiger partial charge in [-0.05, 0) is 82.5 Å². The van der Waals surface area contributed by atoms with Gasteiger partial charge in [0.25, 0.3) is 0 Å². The molecule has 0 atom stereocenters. The number of hydrogen-bond donors (Lipinski definition) is 1. The molecule has 0 saturated carbocycles. The Kier molecular flexibility index (Phi) is 9.23. The summed E-state index contributed by atoms with van der Waals surface area (Å²) >= 11 is 0. The molecule has 5 nitrogen and oxygen atoms in total. The van der Waals surface area contributed by atoms with Crippen LogP contribution >= 0.6 is 0 Å². The number of halogens is 1. The molecule has 252 valence electrons. The number of aromatic nitrogens is 2. The van der Waals surface area contributed by atoms with E-state index in [2.05, 4.69) is 13.8 Å². The minimum Gasteiger partial charge on any atom is -0.508 e. The molecule has 1 N–H and O–H groups in total. The topological polar surface area (TPSA) is 85.6 Å². The van der Waals surface area contributed by atoms with E-state index in [0.717, 1.165) is 62.5 Å². The van der Waals surface area contributed by atoms with Crippen molar-refractivity contribution in [2.45, 2.75) is 26.7 Å². The van der Waals surface area contributed by atoms with E-state index in [1.807, 2.05) is 126 Å². The predicted molar refractivity (Wildman–Crippen MR) is 205 cm³/mol. The van der Waals surface area contributed by atoms with Gasteiger partial charge in [0.1, 0.15) is 35.1 Å². The van der Waals surface area contributed by atoms with Gasteiger partial charge in [-0.1, -0.05) is 123 Å². The molecule has 0 fully saturated rings. The third kappa shape index (κ3) is 6.97. The molecule has 6 aromatic rings. The fourth-order valence-corrected chi connectivity index (χ4v) is 6.87. The zero-order valence-corrected chi connectivity index (χ0v) is 28.9. The van der Waals surface area contributed by atoms with Gasteiger partial charge in [0.2, 0.25) is 0 Å². The SMILES string of the molecule is CC1(C)CC(/C=C/c2ccc(-c3ccc(-c4nc(-c5ccccc5)c(-c5ccccc5)n4-c4ccc(O)cc4)c(F)c3)cc2)=CC(=C(C#N)C#N)C1. The lowest BCUT2D eigenvalue weighted by atomic mass is 9.74. The number of phenolic OH excluding ortho intramolecular Hbond substituents is 1. The second-order valence-corrected chi connectivity index (χ2v) is 13.7. The van der Waals surface area contributed by atoms with Crippen molar-refractivity contribution in [3.8, 4) is 68.6 Å². The van der Waals surface area contributed by atoms with Gasteiger partial charge in [-0.3, -0.25) is 4.57 Å². The van der Waals surface area contributed by atoms with Crippen LogP contribution in [0.25, 0.3) is 56.8 Å². The van der Waals surface area contributed by atoms with Crippen LogP contribution in [-0.2, 0) is 0 Å². The molecule has 0 aliphatic heterocycles. The van der Waals surface area contributed by atoms with Crippen LogP contribution in [0.3, 0.4) is 0 Å². The van der Waals surface area contributed by atoms with Crippen molar-refractivity contribution in [2.24, 2.45) is 5.41 Å². The summed E-state index contributed by atoms with van der Waals surface area (Å²) in [6.07, 6.45) is 7.55. The second kappa shape index (κ2) is 14.2. The van der Waals surface area contributed by atoms with Gasteiger partial charge < -0.3 is 5.11 Å². The van der Waals surface area contributed by atoms with E-state index < -0.39 is 5.82 Å². The number of nitriles is 2. The Labute approximate surface area is 303 Å². The quantitative estimate of drug-likeness (QED) is 0.170. The van der Waals surface area contributed by atoms with Crippen molar-refractivity contribution in [3.63, 3.8) is 0 Å². The van der Waals surface area contributed by atoms with E-state index >= 15 is 4.39 Å². The lowest BCUT2D eigenvalue weighted by Gasteiger charge is -2.30. The first-order chi connectivity index (χ1) is 25.2. The molecular formula is C46H35FN4O. The van der Waals surface area contributed by atoms with E-state index in [-0.39, 0.29) is 16.7 Å². The monoisotopic (exact) mass is 678 g/mol. The zero-order chi connectivity index (χ0) is 36.2. The van der Waals surface area contributed by atoms with E-state index in [1.165, 1.54) is 0 Å². The van der Waals surface area contributed by atoms with Crippen molar-refractivity contribution < 1.29 is 9.50 Å². The molecule has 0 amide bonds. The Bertz CT molecular complexity index is 2420. The highest BCUT2D eigenvalue weighted by molar-refractivity contribution is 5.84. The van der Waals surface area contributed by atoms with Crippen LogP contribution in [0.1, 0.15) is 32.3 Å². The van der Waals surface area contributed by atoms with Crippen LogP contribution in [0.15, 0.2) is 156 Å². The molecule has 6 heteroatoms. The average Bonchev–Trinajstić information content (AvgIpc) is 3.55. The molecule has 7 rings (SSSR count). The zero-order valence-electron chi connectivity index (χ0n) is 28.9. The Morgan fingerprint density at radius 1 is 0.750 bits per heavy atom. The first-order valence-corrected chi connectivity index (χ1v) is 17.1. The normalized spacial score (nSPS) is 13.7. The van der Waals surface area contributed by atoms with Crippen molar-refractivity contribution >= 4 is 6.08 Å². The lowest BCUT2D eigenvalue weighted by molar-refractivity contribution is 0.354. The highest BCUT2D eigenvalue weighted by Crippen LogP contribution is 2.41. The predicted octanol–water partition coefficient (Wildman–Crippen LogP) is 11.5. The third-order valence-corrected chi connectivity index (χ3v) is 9.28. The van der Waals surface area contributed by atoms with E-state index in [0.29, 0.717) is 17.8 Å². The fraction of sp³-hybridized carbons (Fsp3) is 0.109. The summed E-state index contributed by atoms with van der Waals surface area (Å²) in [6, 6.07) is 43.9.